The van der Waals surface area contributed by atoms with E-state index in [1.165, 1.54) is 11.3 Å². The molecule has 0 saturated carbocycles. The number of hydrogen-bond donors (Lipinski definition) is 1. The fraction of sp³-hybridized carbons (Fsp3) is 0.267. The van der Waals surface area contributed by atoms with Gasteiger partial charge in [0.25, 0.3) is 0 Å². The lowest BCUT2D eigenvalue weighted by Gasteiger charge is -2.10. The number of hydrogen-bond acceptors (Lipinski definition) is 5. The molecule has 0 unspecified atom stereocenters. The van der Waals surface area contributed by atoms with E-state index in [0.29, 0.717) is 22.9 Å². The van der Waals surface area contributed by atoms with E-state index in [0.717, 1.165) is 16.7 Å². The molecule has 0 aliphatic rings. The first kappa shape index (κ1) is 14.4. The predicted molar refractivity (Wildman–Crippen MR) is 81.4 cm³/mol. The van der Waals surface area contributed by atoms with Gasteiger partial charge in [-0.25, -0.2) is 4.79 Å². The maximum Gasteiger partial charge on any atom is 0.341 e. The maximum absolute atomic E-state index is 12.1. The van der Waals surface area contributed by atoms with Gasteiger partial charge in [0, 0.05) is 16.5 Å². The summed E-state index contributed by atoms with van der Waals surface area (Å²) in [6.45, 7) is 4.08. The van der Waals surface area contributed by atoms with Gasteiger partial charge in [-0.05, 0) is 26.0 Å². The van der Waals surface area contributed by atoms with Crippen molar-refractivity contribution < 1.29 is 14.3 Å². The van der Waals surface area contributed by atoms with Gasteiger partial charge in [0.1, 0.15) is 16.3 Å². The van der Waals surface area contributed by atoms with Crippen LogP contribution in [-0.2, 0) is 4.74 Å². The van der Waals surface area contributed by atoms with Gasteiger partial charge in [-0.2, -0.15) is 0 Å². The Hall–Kier alpha value is -2.01. The van der Waals surface area contributed by atoms with Crippen LogP contribution in [0.25, 0.3) is 11.1 Å². The Balaban J connectivity index is 2.59. The molecule has 0 amide bonds. The van der Waals surface area contributed by atoms with E-state index in [4.69, 9.17) is 15.2 Å². The molecule has 2 N–H and O–H groups in total. The summed E-state index contributed by atoms with van der Waals surface area (Å²) < 4.78 is 10.5. The second kappa shape index (κ2) is 5.96. The quantitative estimate of drug-likeness (QED) is 0.876. The first-order valence-corrected chi connectivity index (χ1v) is 7.15. The molecule has 106 valence electrons. The van der Waals surface area contributed by atoms with Crippen LogP contribution in [-0.4, -0.2) is 19.7 Å². The highest BCUT2D eigenvalue weighted by atomic mass is 32.1. The van der Waals surface area contributed by atoms with Crippen LogP contribution in [0.2, 0.25) is 0 Å². The van der Waals surface area contributed by atoms with Gasteiger partial charge < -0.3 is 15.2 Å². The normalized spacial score (nSPS) is 10.3. The molecule has 0 bridgehead atoms. The van der Waals surface area contributed by atoms with Crippen LogP contribution in [0.4, 0.5) is 5.00 Å². The van der Waals surface area contributed by atoms with E-state index >= 15 is 0 Å². The fourth-order valence-corrected chi connectivity index (χ4v) is 2.82. The van der Waals surface area contributed by atoms with Gasteiger partial charge in [-0.15, -0.1) is 11.3 Å². The number of ether oxygens (including phenoxy) is 2. The molecule has 2 aromatic rings. The molecule has 0 fully saturated rings. The van der Waals surface area contributed by atoms with E-state index in [-0.39, 0.29) is 0 Å². The molecule has 0 aliphatic heterocycles. The summed E-state index contributed by atoms with van der Waals surface area (Å²) in [6.07, 6.45) is 0. The molecule has 0 radical (unpaired) electrons. The zero-order valence-corrected chi connectivity index (χ0v) is 12.5. The number of methoxy groups -OCH3 is 1. The third-order valence-corrected chi connectivity index (χ3v) is 3.76. The summed E-state index contributed by atoms with van der Waals surface area (Å²) in [5, 5.41) is 2.32. The zero-order valence-electron chi connectivity index (χ0n) is 11.7. The van der Waals surface area contributed by atoms with Crippen molar-refractivity contribution in [2.24, 2.45) is 0 Å². The average Bonchev–Trinajstić information content (AvgIpc) is 2.80. The van der Waals surface area contributed by atoms with Crippen LogP contribution in [0.3, 0.4) is 0 Å². The number of benzene rings is 1. The van der Waals surface area contributed by atoms with Gasteiger partial charge in [-0.1, -0.05) is 11.6 Å². The van der Waals surface area contributed by atoms with Crippen LogP contribution in [0, 0.1) is 6.92 Å². The van der Waals surface area contributed by atoms with Crippen molar-refractivity contribution >= 4 is 22.3 Å². The Morgan fingerprint density at radius 1 is 1.35 bits per heavy atom. The molecule has 1 heterocycles. The van der Waals surface area contributed by atoms with E-state index in [1.807, 2.05) is 30.5 Å². The zero-order chi connectivity index (χ0) is 14.7. The topological polar surface area (TPSA) is 61.5 Å². The highest BCUT2D eigenvalue weighted by Crippen LogP contribution is 2.39. The minimum absolute atomic E-state index is 0.318. The summed E-state index contributed by atoms with van der Waals surface area (Å²) in [5.74, 6) is 0.309. The third-order valence-electron chi connectivity index (χ3n) is 2.94. The fourth-order valence-electron chi connectivity index (χ4n) is 2.02. The maximum atomic E-state index is 12.1. The van der Waals surface area contributed by atoms with Crippen LogP contribution in [0.5, 0.6) is 5.75 Å². The molecule has 0 saturated heterocycles. The summed E-state index contributed by atoms with van der Waals surface area (Å²) in [4.78, 5) is 12.1. The molecular formula is C15H17NO3S. The highest BCUT2D eigenvalue weighted by molar-refractivity contribution is 7.15. The smallest absolute Gasteiger partial charge is 0.341 e. The first-order chi connectivity index (χ1) is 9.58. The van der Waals surface area contributed by atoms with Gasteiger partial charge in [0.15, 0.2) is 0 Å². The lowest BCUT2D eigenvalue weighted by molar-refractivity contribution is 0.0529. The van der Waals surface area contributed by atoms with Crippen molar-refractivity contribution in [3.05, 3.63) is 34.7 Å². The molecule has 0 spiro atoms. The van der Waals surface area contributed by atoms with E-state index in [9.17, 15) is 4.79 Å². The molecule has 0 atom stereocenters. The average molecular weight is 291 g/mol. The van der Waals surface area contributed by atoms with Crippen molar-refractivity contribution in [3.8, 4) is 16.9 Å². The number of rotatable bonds is 4. The van der Waals surface area contributed by atoms with Crippen molar-refractivity contribution in [3.63, 3.8) is 0 Å². The molecule has 1 aromatic heterocycles. The second-order valence-electron chi connectivity index (χ2n) is 4.31. The van der Waals surface area contributed by atoms with E-state index < -0.39 is 5.97 Å². The third kappa shape index (κ3) is 2.63. The molecule has 5 heteroatoms. The minimum Gasteiger partial charge on any atom is -0.496 e. The van der Waals surface area contributed by atoms with Gasteiger partial charge in [-0.3, -0.25) is 0 Å². The number of thiophene rings is 1. The number of nitrogen functional groups attached to an aromatic ring is 1. The summed E-state index contributed by atoms with van der Waals surface area (Å²) in [6, 6.07) is 5.82. The minimum atomic E-state index is -0.398. The van der Waals surface area contributed by atoms with Crippen LogP contribution in [0.1, 0.15) is 22.8 Å². The van der Waals surface area contributed by atoms with Crippen LogP contribution >= 0.6 is 11.3 Å². The Kier molecular flexibility index (Phi) is 4.29. The summed E-state index contributed by atoms with van der Waals surface area (Å²) in [7, 11) is 1.61. The molecular weight excluding hydrogens is 274 g/mol. The molecule has 2 rings (SSSR count). The van der Waals surface area contributed by atoms with Crippen molar-refractivity contribution in [1.82, 2.24) is 0 Å². The van der Waals surface area contributed by atoms with E-state index in [2.05, 4.69) is 0 Å². The van der Waals surface area contributed by atoms with Crippen molar-refractivity contribution in [2.75, 3.05) is 19.5 Å². The molecule has 1 aromatic carbocycles. The largest absolute Gasteiger partial charge is 0.496 e. The number of anilines is 1. The Morgan fingerprint density at radius 2 is 2.10 bits per heavy atom. The lowest BCUT2D eigenvalue weighted by Crippen LogP contribution is -2.07. The molecule has 20 heavy (non-hydrogen) atoms. The number of carbonyl (C=O) groups is 1. The molecule has 4 nitrogen and oxygen atoms in total. The highest BCUT2D eigenvalue weighted by Gasteiger charge is 2.21. The van der Waals surface area contributed by atoms with Crippen LogP contribution < -0.4 is 10.5 Å². The molecule has 0 aliphatic carbocycles. The predicted octanol–water partition coefficient (Wildman–Crippen LogP) is 3.49. The SMILES string of the molecule is CCOC(=O)c1c(-c2cc(C)ccc2OC)csc1N. The standard InChI is InChI=1S/C15H17NO3S/c1-4-19-15(17)13-11(8-20-14(13)16)10-7-9(2)5-6-12(10)18-3/h5-8H,4,16H2,1-3H3. The van der Waals surface area contributed by atoms with Crippen molar-refractivity contribution in [1.29, 1.82) is 0 Å². The van der Waals surface area contributed by atoms with E-state index in [1.54, 1.807) is 14.0 Å². The number of carbonyl (C=O) groups excluding carboxylic acids is 1. The monoisotopic (exact) mass is 291 g/mol. The lowest BCUT2D eigenvalue weighted by atomic mass is 10.0. The van der Waals surface area contributed by atoms with Gasteiger partial charge in [0.05, 0.1) is 13.7 Å². The second-order valence-corrected chi connectivity index (χ2v) is 5.22. The summed E-state index contributed by atoms with van der Waals surface area (Å²) in [5.41, 5.74) is 9.02. The van der Waals surface area contributed by atoms with Crippen LogP contribution in [0.15, 0.2) is 23.6 Å². The van der Waals surface area contributed by atoms with Gasteiger partial charge in [0.2, 0.25) is 0 Å². The summed E-state index contributed by atoms with van der Waals surface area (Å²) >= 11 is 1.33. The Bertz CT molecular complexity index is 634. The Morgan fingerprint density at radius 3 is 2.75 bits per heavy atom. The first-order valence-electron chi connectivity index (χ1n) is 6.27. The number of nitrogens with two attached hydrogens (primary N) is 1. The number of aryl methyl sites for hydroxylation is 1. The van der Waals surface area contributed by atoms with Crippen molar-refractivity contribution in [2.45, 2.75) is 13.8 Å². The number of esters is 1. The van der Waals surface area contributed by atoms with Gasteiger partial charge >= 0.3 is 5.97 Å². The Labute approximate surface area is 122 Å².